The Morgan fingerprint density at radius 2 is 1.72 bits per heavy atom. The molecule has 2 saturated carbocycles. The van der Waals surface area contributed by atoms with Crippen LogP contribution in [-0.4, -0.2) is 11.7 Å². The Morgan fingerprint density at radius 3 is 2.28 bits per heavy atom. The lowest BCUT2D eigenvalue weighted by Gasteiger charge is -2.36. The van der Waals surface area contributed by atoms with Crippen molar-refractivity contribution in [3.8, 4) is 0 Å². The summed E-state index contributed by atoms with van der Waals surface area (Å²) in [6.07, 6.45) is 16.7. The highest BCUT2D eigenvalue weighted by Crippen LogP contribution is 2.57. The first-order chi connectivity index (χ1) is 8.80. The first-order valence-corrected chi connectivity index (χ1v) is 8.41. The smallest absolute Gasteiger partial charge is 0.0490 e. The van der Waals surface area contributed by atoms with Crippen molar-refractivity contribution in [2.75, 3.05) is 6.61 Å². The molecule has 0 aromatic heterocycles. The van der Waals surface area contributed by atoms with Crippen LogP contribution in [0.2, 0.25) is 0 Å². The predicted molar refractivity (Wildman–Crippen MR) is 77.6 cm³/mol. The van der Waals surface area contributed by atoms with Gasteiger partial charge in [0.2, 0.25) is 0 Å². The molecule has 3 atom stereocenters. The summed E-state index contributed by atoms with van der Waals surface area (Å²) in [5.41, 5.74) is 0.354. The minimum absolute atomic E-state index is 0.354. The van der Waals surface area contributed by atoms with Crippen molar-refractivity contribution in [3.05, 3.63) is 0 Å². The van der Waals surface area contributed by atoms with Crippen LogP contribution in [0.1, 0.15) is 84.0 Å². The second-order valence-corrected chi connectivity index (χ2v) is 6.97. The number of fused-ring (bicyclic) bond motifs is 2. The Labute approximate surface area is 113 Å². The zero-order valence-corrected chi connectivity index (χ0v) is 12.3. The van der Waals surface area contributed by atoms with Gasteiger partial charge in [0.15, 0.2) is 0 Å². The van der Waals surface area contributed by atoms with Crippen LogP contribution in [0, 0.1) is 17.3 Å². The lowest BCUT2D eigenvalue weighted by atomic mass is 9.70. The molecule has 0 amide bonds. The van der Waals surface area contributed by atoms with Crippen molar-refractivity contribution < 1.29 is 5.11 Å². The molecule has 0 saturated heterocycles. The van der Waals surface area contributed by atoms with E-state index in [1.54, 1.807) is 0 Å². The first kappa shape index (κ1) is 14.4. The van der Waals surface area contributed by atoms with Gasteiger partial charge in [-0.15, -0.1) is 0 Å². The van der Waals surface area contributed by atoms with Crippen LogP contribution in [-0.2, 0) is 0 Å². The molecule has 1 heteroatoms. The molecule has 3 unspecified atom stereocenters. The van der Waals surface area contributed by atoms with Gasteiger partial charge >= 0.3 is 0 Å². The van der Waals surface area contributed by atoms with Crippen LogP contribution in [0.3, 0.4) is 0 Å². The molecule has 0 aromatic rings. The van der Waals surface area contributed by atoms with Gasteiger partial charge in [-0.05, 0) is 42.9 Å². The topological polar surface area (TPSA) is 20.2 Å². The fourth-order valence-electron chi connectivity index (χ4n) is 4.57. The maximum absolute atomic E-state index is 9.81. The summed E-state index contributed by atoms with van der Waals surface area (Å²) < 4.78 is 0. The maximum Gasteiger partial charge on any atom is 0.0490 e. The minimum atomic E-state index is 0.354. The van der Waals surface area contributed by atoms with E-state index in [-0.39, 0.29) is 0 Å². The van der Waals surface area contributed by atoms with Gasteiger partial charge in [-0.2, -0.15) is 0 Å². The Hall–Kier alpha value is -0.0400. The monoisotopic (exact) mass is 252 g/mol. The Balaban J connectivity index is 1.60. The van der Waals surface area contributed by atoms with E-state index in [4.69, 9.17) is 0 Å². The SMILES string of the molecule is CCCCCCCCCC1(CO)CC2CCC1C2. The molecule has 1 N–H and O–H groups in total. The van der Waals surface area contributed by atoms with Crippen LogP contribution in [0.15, 0.2) is 0 Å². The van der Waals surface area contributed by atoms with E-state index >= 15 is 0 Å². The molecule has 106 valence electrons. The third-order valence-corrected chi connectivity index (χ3v) is 5.70. The average molecular weight is 252 g/mol. The van der Waals surface area contributed by atoms with Gasteiger partial charge in [-0.1, -0.05) is 58.3 Å². The van der Waals surface area contributed by atoms with Gasteiger partial charge in [-0.25, -0.2) is 0 Å². The molecule has 2 aliphatic rings. The second kappa shape index (κ2) is 6.93. The van der Waals surface area contributed by atoms with Crippen LogP contribution in [0.5, 0.6) is 0 Å². The summed E-state index contributed by atoms with van der Waals surface area (Å²) in [5, 5.41) is 9.81. The van der Waals surface area contributed by atoms with Crippen molar-refractivity contribution >= 4 is 0 Å². The summed E-state index contributed by atoms with van der Waals surface area (Å²) in [6, 6.07) is 0. The van der Waals surface area contributed by atoms with Crippen LogP contribution < -0.4 is 0 Å². The molecule has 1 nitrogen and oxygen atoms in total. The highest BCUT2D eigenvalue weighted by Gasteiger charge is 2.49. The highest BCUT2D eigenvalue weighted by molar-refractivity contribution is 4.99. The van der Waals surface area contributed by atoms with Gasteiger partial charge in [0.05, 0.1) is 0 Å². The Morgan fingerprint density at radius 1 is 1.00 bits per heavy atom. The average Bonchev–Trinajstić information content (AvgIpc) is 2.98. The molecule has 2 bridgehead atoms. The summed E-state index contributed by atoms with van der Waals surface area (Å²) in [7, 11) is 0. The molecule has 2 fully saturated rings. The van der Waals surface area contributed by atoms with E-state index in [1.807, 2.05) is 0 Å². The van der Waals surface area contributed by atoms with E-state index in [1.165, 1.54) is 77.0 Å². The van der Waals surface area contributed by atoms with E-state index < -0.39 is 0 Å². The molecular weight excluding hydrogens is 220 g/mol. The second-order valence-electron chi connectivity index (χ2n) is 6.97. The van der Waals surface area contributed by atoms with Crippen LogP contribution in [0.4, 0.5) is 0 Å². The number of hydrogen-bond acceptors (Lipinski definition) is 1. The van der Waals surface area contributed by atoms with Gasteiger partial charge in [0.25, 0.3) is 0 Å². The standard InChI is InChI=1S/C17H32O/c1-2-3-4-5-6-7-8-11-17(14-18)13-15-9-10-16(17)12-15/h15-16,18H,2-14H2,1H3. The van der Waals surface area contributed by atoms with Gasteiger partial charge in [-0.3, -0.25) is 0 Å². The quantitative estimate of drug-likeness (QED) is 0.577. The highest BCUT2D eigenvalue weighted by atomic mass is 16.3. The summed E-state index contributed by atoms with van der Waals surface area (Å²) >= 11 is 0. The number of rotatable bonds is 9. The van der Waals surface area contributed by atoms with Gasteiger partial charge in [0, 0.05) is 6.61 Å². The first-order valence-electron chi connectivity index (χ1n) is 8.41. The molecule has 0 radical (unpaired) electrons. The number of unbranched alkanes of at least 4 members (excludes halogenated alkanes) is 6. The summed E-state index contributed by atoms with van der Waals surface area (Å²) in [6.45, 7) is 2.74. The van der Waals surface area contributed by atoms with Crippen molar-refractivity contribution in [1.82, 2.24) is 0 Å². The lowest BCUT2D eigenvalue weighted by Crippen LogP contribution is -2.31. The third kappa shape index (κ3) is 3.29. The van der Waals surface area contributed by atoms with Crippen molar-refractivity contribution in [2.45, 2.75) is 84.0 Å². The molecule has 18 heavy (non-hydrogen) atoms. The molecule has 2 aliphatic carbocycles. The third-order valence-electron chi connectivity index (χ3n) is 5.70. The Kier molecular flexibility index (Phi) is 5.54. The number of aliphatic hydroxyl groups excluding tert-OH is 1. The molecular formula is C17H32O. The Bertz CT molecular complexity index is 238. The molecule has 0 spiro atoms. The van der Waals surface area contributed by atoms with Crippen molar-refractivity contribution in [3.63, 3.8) is 0 Å². The van der Waals surface area contributed by atoms with E-state index in [2.05, 4.69) is 6.92 Å². The molecule has 0 heterocycles. The zero-order chi connectivity index (χ0) is 12.8. The number of aliphatic hydroxyl groups is 1. The van der Waals surface area contributed by atoms with Crippen LogP contribution in [0.25, 0.3) is 0 Å². The normalized spacial score (nSPS) is 34.3. The molecule has 0 aliphatic heterocycles. The van der Waals surface area contributed by atoms with E-state index in [0.29, 0.717) is 12.0 Å². The summed E-state index contributed by atoms with van der Waals surface area (Å²) in [4.78, 5) is 0. The fraction of sp³-hybridized carbons (Fsp3) is 1.00. The zero-order valence-electron chi connectivity index (χ0n) is 12.3. The van der Waals surface area contributed by atoms with Crippen molar-refractivity contribution in [1.29, 1.82) is 0 Å². The van der Waals surface area contributed by atoms with Crippen molar-refractivity contribution in [2.24, 2.45) is 17.3 Å². The minimum Gasteiger partial charge on any atom is -0.396 e. The largest absolute Gasteiger partial charge is 0.396 e. The van der Waals surface area contributed by atoms with Gasteiger partial charge < -0.3 is 5.11 Å². The predicted octanol–water partition coefficient (Wildman–Crippen LogP) is 4.93. The fourth-order valence-corrected chi connectivity index (χ4v) is 4.57. The summed E-state index contributed by atoms with van der Waals surface area (Å²) in [5.74, 6) is 1.83. The van der Waals surface area contributed by atoms with E-state index in [0.717, 1.165) is 11.8 Å². The van der Waals surface area contributed by atoms with E-state index in [9.17, 15) is 5.11 Å². The lowest BCUT2D eigenvalue weighted by molar-refractivity contribution is 0.0536. The number of hydrogen-bond donors (Lipinski definition) is 1. The molecule has 0 aromatic carbocycles. The maximum atomic E-state index is 9.81. The van der Waals surface area contributed by atoms with Crippen LogP contribution >= 0.6 is 0 Å². The molecule has 2 rings (SSSR count). The van der Waals surface area contributed by atoms with Gasteiger partial charge in [0.1, 0.15) is 0 Å².